The van der Waals surface area contributed by atoms with E-state index in [0.717, 1.165) is 18.2 Å². The van der Waals surface area contributed by atoms with E-state index >= 15 is 0 Å². The Balaban J connectivity index is 2.11. The fourth-order valence-corrected chi connectivity index (χ4v) is 4.88. The minimum Gasteiger partial charge on any atom is -0.379 e. The Labute approximate surface area is 105 Å². The number of ether oxygens (including phenoxy) is 1. The van der Waals surface area contributed by atoms with Gasteiger partial charge in [0.1, 0.15) is 0 Å². The topological polar surface area (TPSA) is 49.9 Å². The lowest BCUT2D eigenvalue weighted by atomic mass is 10.3. The zero-order valence-electron chi connectivity index (χ0n) is 9.14. The van der Waals surface area contributed by atoms with Gasteiger partial charge in [0.2, 0.25) is 0 Å². The van der Waals surface area contributed by atoms with Crippen LogP contribution in [-0.4, -0.2) is 61.2 Å². The van der Waals surface area contributed by atoms with Gasteiger partial charge in [-0.15, -0.1) is 0 Å². The quantitative estimate of drug-likeness (QED) is 0.710. The van der Waals surface area contributed by atoms with E-state index in [1.807, 2.05) is 0 Å². The van der Waals surface area contributed by atoms with Gasteiger partial charge in [0, 0.05) is 31.0 Å². The fraction of sp³-hybridized carbons (Fsp3) is 1.00. The molecule has 94 valence electrons. The lowest BCUT2D eigenvalue weighted by Crippen LogP contribution is -2.50. The molecule has 0 spiro atoms. The predicted molar refractivity (Wildman–Crippen MR) is 64.8 cm³/mol. The normalized spacial score (nSPS) is 29.7. The number of hydrogen-bond acceptors (Lipinski definition) is 3. The summed E-state index contributed by atoms with van der Waals surface area (Å²) in [7, 11) is -3.27. The molecule has 5 nitrogen and oxygen atoms in total. The summed E-state index contributed by atoms with van der Waals surface area (Å²) in [5, 5.41) is 0.719. The van der Waals surface area contributed by atoms with Crippen molar-refractivity contribution in [1.29, 1.82) is 0 Å². The van der Waals surface area contributed by atoms with Gasteiger partial charge in [-0.3, -0.25) is 0 Å². The van der Waals surface area contributed by atoms with Crippen LogP contribution in [0, 0.1) is 0 Å². The first kappa shape index (κ1) is 12.8. The summed E-state index contributed by atoms with van der Waals surface area (Å²) < 4.78 is 33.0. The Morgan fingerprint density at radius 2 is 1.94 bits per heavy atom. The van der Waals surface area contributed by atoms with Gasteiger partial charge in [0.15, 0.2) is 0 Å². The number of hydrogen-bond donors (Lipinski definition) is 0. The van der Waals surface area contributed by atoms with Crippen molar-refractivity contribution in [3.05, 3.63) is 0 Å². The molecule has 0 amide bonds. The molecule has 0 aromatic heterocycles. The predicted octanol–water partition coefficient (Wildman–Crippen LogP) is 0.423. The average Bonchev–Trinajstić information content (AvgIpc) is 2.79. The summed E-state index contributed by atoms with van der Waals surface area (Å²) in [4.78, 5) is 0. The molecule has 1 unspecified atom stereocenters. The van der Waals surface area contributed by atoms with E-state index < -0.39 is 10.2 Å². The molecule has 0 saturated carbocycles. The summed E-state index contributed by atoms with van der Waals surface area (Å²) in [6.45, 7) is 2.62. The standard InChI is InChI=1S/C9H17BrN2O3S/c10-8-9-2-1-3-12(9)16(13,14)11-4-6-15-7-5-11/h9H,1-8H2. The van der Waals surface area contributed by atoms with Crippen molar-refractivity contribution in [3.63, 3.8) is 0 Å². The monoisotopic (exact) mass is 312 g/mol. The number of rotatable bonds is 3. The molecule has 2 aliphatic rings. The van der Waals surface area contributed by atoms with Crippen molar-refractivity contribution in [1.82, 2.24) is 8.61 Å². The average molecular weight is 313 g/mol. The Bertz CT molecular complexity index is 330. The molecule has 2 saturated heterocycles. The van der Waals surface area contributed by atoms with Gasteiger partial charge in [-0.2, -0.15) is 17.0 Å². The molecule has 2 fully saturated rings. The summed E-state index contributed by atoms with van der Waals surface area (Å²) >= 11 is 3.38. The van der Waals surface area contributed by atoms with Crippen LogP contribution in [0.15, 0.2) is 0 Å². The Morgan fingerprint density at radius 1 is 1.25 bits per heavy atom. The van der Waals surface area contributed by atoms with Crippen LogP contribution in [0.2, 0.25) is 0 Å². The first-order valence-corrected chi connectivity index (χ1v) is 8.08. The lowest BCUT2D eigenvalue weighted by molar-refractivity contribution is 0.0700. The van der Waals surface area contributed by atoms with Gasteiger partial charge in [0.05, 0.1) is 13.2 Å². The van der Waals surface area contributed by atoms with Crippen LogP contribution >= 0.6 is 15.9 Å². The highest BCUT2D eigenvalue weighted by Gasteiger charge is 2.37. The zero-order valence-corrected chi connectivity index (χ0v) is 11.5. The van der Waals surface area contributed by atoms with Crippen molar-refractivity contribution in [2.24, 2.45) is 0 Å². The SMILES string of the molecule is O=S(=O)(N1CCOCC1)N1CCCC1CBr. The molecule has 0 aromatic carbocycles. The molecule has 0 aliphatic carbocycles. The van der Waals surface area contributed by atoms with Gasteiger partial charge in [-0.05, 0) is 12.8 Å². The summed E-state index contributed by atoms with van der Waals surface area (Å²) in [6.07, 6.45) is 1.91. The Kier molecular flexibility index (Phi) is 4.23. The van der Waals surface area contributed by atoms with Crippen LogP contribution in [0.3, 0.4) is 0 Å². The third-order valence-corrected chi connectivity index (χ3v) is 5.93. The van der Waals surface area contributed by atoms with E-state index in [-0.39, 0.29) is 6.04 Å². The second-order valence-electron chi connectivity index (χ2n) is 4.08. The van der Waals surface area contributed by atoms with E-state index in [2.05, 4.69) is 15.9 Å². The van der Waals surface area contributed by atoms with Crippen LogP contribution in [0.4, 0.5) is 0 Å². The van der Waals surface area contributed by atoms with Crippen LogP contribution in [0.5, 0.6) is 0 Å². The van der Waals surface area contributed by atoms with E-state index in [1.54, 1.807) is 4.31 Å². The largest absolute Gasteiger partial charge is 0.379 e. The van der Waals surface area contributed by atoms with E-state index in [4.69, 9.17) is 4.74 Å². The molecule has 2 rings (SSSR count). The molecule has 2 heterocycles. The summed E-state index contributed by atoms with van der Waals surface area (Å²) in [6, 6.07) is 0.118. The van der Waals surface area contributed by atoms with E-state index in [1.165, 1.54) is 4.31 Å². The Hall–Kier alpha value is 0.310. The van der Waals surface area contributed by atoms with Crippen LogP contribution in [-0.2, 0) is 14.9 Å². The lowest BCUT2D eigenvalue weighted by Gasteiger charge is -2.32. The van der Waals surface area contributed by atoms with Gasteiger partial charge in [-0.1, -0.05) is 15.9 Å². The number of alkyl halides is 1. The number of nitrogens with zero attached hydrogens (tertiary/aromatic N) is 2. The van der Waals surface area contributed by atoms with Crippen molar-refractivity contribution in [2.75, 3.05) is 38.2 Å². The molecule has 16 heavy (non-hydrogen) atoms. The van der Waals surface area contributed by atoms with Gasteiger partial charge < -0.3 is 4.74 Å². The van der Waals surface area contributed by atoms with Crippen molar-refractivity contribution in [3.8, 4) is 0 Å². The molecule has 0 aromatic rings. The van der Waals surface area contributed by atoms with Crippen molar-refractivity contribution in [2.45, 2.75) is 18.9 Å². The van der Waals surface area contributed by atoms with Gasteiger partial charge >= 0.3 is 0 Å². The molecular formula is C9H17BrN2O3S. The fourth-order valence-electron chi connectivity index (χ4n) is 2.19. The van der Waals surface area contributed by atoms with Crippen molar-refractivity contribution >= 4 is 26.1 Å². The highest BCUT2D eigenvalue weighted by Crippen LogP contribution is 2.24. The molecule has 2 aliphatic heterocycles. The van der Waals surface area contributed by atoms with E-state index in [0.29, 0.717) is 32.8 Å². The molecule has 0 radical (unpaired) electrons. The van der Waals surface area contributed by atoms with Crippen LogP contribution in [0.25, 0.3) is 0 Å². The minimum atomic E-state index is -3.27. The zero-order chi connectivity index (χ0) is 11.6. The second-order valence-corrected chi connectivity index (χ2v) is 6.61. The van der Waals surface area contributed by atoms with E-state index in [9.17, 15) is 8.42 Å². The highest BCUT2D eigenvalue weighted by molar-refractivity contribution is 9.09. The summed E-state index contributed by atoms with van der Waals surface area (Å²) in [5.41, 5.74) is 0. The molecular weight excluding hydrogens is 296 g/mol. The third kappa shape index (κ3) is 2.43. The number of halogens is 1. The molecule has 0 N–H and O–H groups in total. The van der Waals surface area contributed by atoms with Gasteiger partial charge in [0.25, 0.3) is 10.2 Å². The Morgan fingerprint density at radius 3 is 2.56 bits per heavy atom. The van der Waals surface area contributed by atoms with Crippen LogP contribution in [0.1, 0.15) is 12.8 Å². The maximum absolute atomic E-state index is 12.3. The smallest absolute Gasteiger partial charge is 0.282 e. The maximum atomic E-state index is 12.3. The van der Waals surface area contributed by atoms with Gasteiger partial charge in [-0.25, -0.2) is 0 Å². The first-order valence-electron chi connectivity index (χ1n) is 5.57. The van der Waals surface area contributed by atoms with Crippen LogP contribution < -0.4 is 0 Å². The maximum Gasteiger partial charge on any atom is 0.282 e. The first-order chi connectivity index (χ1) is 7.66. The molecule has 0 bridgehead atoms. The second kappa shape index (κ2) is 5.30. The number of morpholine rings is 1. The third-order valence-electron chi connectivity index (χ3n) is 3.09. The van der Waals surface area contributed by atoms with Crippen molar-refractivity contribution < 1.29 is 13.2 Å². The summed E-state index contributed by atoms with van der Waals surface area (Å²) in [5.74, 6) is 0. The highest BCUT2D eigenvalue weighted by atomic mass is 79.9. The molecule has 1 atom stereocenters. The minimum absolute atomic E-state index is 0.118. The molecule has 7 heteroatoms.